The molecular weight excluding hydrogens is 444 g/mol. The number of para-hydroxylation sites is 1. The van der Waals surface area contributed by atoms with E-state index in [2.05, 4.69) is 10.3 Å². The molecule has 0 aromatic heterocycles. The van der Waals surface area contributed by atoms with Crippen LogP contribution in [0.15, 0.2) is 53.5 Å². The summed E-state index contributed by atoms with van der Waals surface area (Å²) in [5.74, 6) is 0.449. The van der Waals surface area contributed by atoms with Crippen LogP contribution in [0.1, 0.15) is 80.5 Å². The van der Waals surface area contributed by atoms with Crippen LogP contribution in [0.3, 0.4) is 0 Å². The Morgan fingerprint density at radius 3 is 2.66 bits per heavy atom. The van der Waals surface area contributed by atoms with Crippen LogP contribution >= 0.6 is 0 Å². The topological polar surface area (TPSA) is 117 Å². The molecule has 4 N–H and O–H groups in total. The maximum absolute atomic E-state index is 13.3. The summed E-state index contributed by atoms with van der Waals surface area (Å²) in [6.45, 7) is 7.62. The van der Waals surface area contributed by atoms with E-state index in [1.54, 1.807) is 25.1 Å². The van der Waals surface area contributed by atoms with Crippen molar-refractivity contribution >= 4 is 17.8 Å². The number of nitrogens with one attached hydrogen (secondary N) is 1. The first-order valence-corrected chi connectivity index (χ1v) is 12.1. The number of fused-ring (bicyclic) bond motifs is 1. The van der Waals surface area contributed by atoms with Crippen LogP contribution in [0, 0.1) is 0 Å². The van der Waals surface area contributed by atoms with Gasteiger partial charge in [-0.15, -0.1) is 0 Å². The number of benzene rings is 2. The molecule has 2 aromatic rings. The van der Waals surface area contributed by atoms with E-state index in [9.17, 15) is 14.7 Å². The third-order valence-corrected chi connectivity index (χ3v) is 7.33. The molecule has 0 spiro atoms. The summed E-state index contributed by atoms with van der Waals surface area (Å²) in [4.78, 5) is 32.5. The molecule has 0 bridgehead atoms. The lowest BCUT2D eigenvalue weighted by Crippen LogP contribution is -2.52. The lowest BCUT2D eigenvalue weighted by atomic mass is 9.87. The molecule has 8 heteroatoms. The third-order valence-electron chi connectivity index (χ3n) is 7.33. The fourth-order valence-corrected chi connectivity index (χ4v) is 4.93. The number of guanidine groups is 1. The van der Waals surface area contributed by atoms with Crippen LogP contribution in [-0.4, -0.2) is 45.5 Å². The summed E-state index contributed by atoms with van der Waals surface area (Å²) < 4.78 is 5.66. The number of nitrogens with zero attached hydrogens (tertiary/aromatic N) is 2. The maximum Gasteiger partial charge on any atom is 0.251 e. The molecule has 2 aliphatic heterocycles. The fraction of sp³-hybridized carbons (Fsp3) is 0.444. The van der Waals surface area contributed by atoms with Gasteiger partial charge in [0.1, 0.15) is 18.0 Å². The Bertz CT molecular complexity index is 1160. The molecule has 2 heterocycles. The Morgan fingerprint density at radius 1 is 1.26 bits per heavy atom. The predicted molar refractivity (Wildman–Crippen MR) is 134 cm³/mol. The zero-order valence-electron chi connectivity index (χ0n) is 20.7. The van der Waals surface area contributed by atoms with Gasteiger partial charge >= 0.3 is 0 Å². The van der Waals surface area contributed by atoms with Crippen LogP contribution < -0.4 is 15.8 Å². The normalized spacial score (nSPS) is 24.1. The lowest BCUT2D eigenvalue weighted by molar-refractivity contribution is -0.131. The van der Waals surface area contributed by atoms with Crippen LogP contribution in [0.5, 0.6) is 5.75 Å². The molecule has 0 radical (unpaired) electrons. The van der Waals surface area contributed by atoms with Gasteiger partial charge in [0.25, 0.3) is 5.91 Å². The zero-order chi connectivity index (χ0) is 25.4. The van der Waals surface area contributed by atoms with E-state index < -0.39 is 23.2 Å². The van der Waals surface area contributed by atoms with Gasteiger partial charge in [-0.05, 0) is 50.5 Å². The monoisotopic (exact) mass is 478 g/mol. The number of aliphatic imine (C=N–C) groups is 1. The van der Waals surface area contributed by atoms with Crippen molar-refractivity contribution in [2.45, 2.75) is 70.2 Å². The SMILES string of the molecule is CCC1(CC)CC(=O)N(C(C)c2cccc(C(=O)N[C@@H]3c4ccccc4OC[C@@]3(C)O)c2)C(N)=N1. The van der Waals surface area contributed by atoms with Crippen molar-refractivity contribution in [3.63, 3.8) is 0 Å². The fourth-order valence-electron chi connectivity index (χ4n) is 4.93. The molecule has 8 nitrogen and oxygen atoms in total. The number of ether oxygens (including phenoxy) is 1. The molecule has 186 valence electrons. The molecule has 0 fully saturated rings. The molecule has 0 aliphatic carbocycles. The molecule has 2 aliphatic rings. The smallest absolute Gasteiger partial charge is 0.251 e. The minimum atomic E-state index is -1.27. The van der Waals surface area contributed by atoms with Crippen molar-refractivity contribution in [2.75, 3.05) is 6.61 Å². The molecular formula is C27H34N4O4. The highest BCUT2D eigenvalue weighted by atomic mass is 16.5. The van der Waals surface area contributed by atoms with Gasteiger partial charge < -0.3 is 20.9 Å². The minimum Gasteiger partial charge on any atom is -0.490 e. The second-order valence-electron chi connectivity index (χ2n) is 9.73. The van der Waals surface area contributed by atoms with Gasteiger partial charge in [0.05, 0.1) is 24.0 Å². The van der Waals surface area contributed by atoms with Crippen molar-refractivity contribution in [1.29, 1.82) is 0 Å². The first-order valence-electron chi connectivity index (χ1n) is 12.1. The summed E-state index contributed by atoms with van der Waals surface area (Å²) >= 11 is 0. The van der Waals surface area contributed by atoms with E-state index in [0.717, 1.165) is 24.0 Å². The van der Waals surface area contributed by atoms with Crippen LogP contribution in [0.4, 0.5) is 0 Å². The molecule has 0 saturated carbocycles. The number of nitrogens with two attached hydrogens (primary N) is 1. The summed E-state index contributed by atoms with van der Waals surface area (Å²) in [6, 6.07) is 13.4. The number of hydrogen-bond donors (Lipinski definition) is 3. The van der Waals surface area contributed by atoms with Crippen LogP contribution in [0.2, 0.25) is 0 Å². The largest absolute Gasteiger partial charge is 0.490 e. The molecule has 35 heavy (non-hydrogen) atoms. The van der Waals surface area contributed by atoms with Crippen LogP contribution in [0.25, 0.3) is 0 Å². The first-order chi connectivity index (χ1) is 16.6. The predicted octanol–water partition coefficient (Wildman–Crippen LogP) is 3.47. The first kappa shape index (κ1) is 24.7. The van der Waals surface area contributed by atoms with Crippen LogP contribution in [-0.2, 0) is 4.79 Å². The Labute approximate surface area is 206 Å². The van der Waals surface area contributed by atoms with E-state index in [-0.39, 0.29) is 24.4 Å². The second-order valence-corrected chi connectivity index (χ2v) is 9.73. The van der Waals surface area contributed by atoms with E-state index in [0.29, 0.717) is 17.7 Å². The summed E-state index contributed by atoms with van der Waals surface area (Å²) in [5.41, 5.74) is 6.46. The summed E-state index contributed by atoms with van der Waals surface area (Å²) in [7, 11) is 0. The van der Waals surface area contributed by atoms with Gasteiger partial charge in [0.15, 0.2) is 5.96 Å². The van der Waals surface area contributed by atoms with E-state index in [4.69, 9.17) is 10.5 Å². The van der Waals surface area contributed by atoms with Gasteiger partial charge in [0, 0.05) is 11.1 Å². The van der Waals surface area contributed by atoms with Crippen molar-refractivity contribution < 1.29 is 19.4 Å². The average Bonchev–Trinajstić information content (AvgIpc) is 2.85. The Balaban J connectivity index is 1.58. The standard InChI is InChI=1S/C27H34N4O4/c1-5-27(6-2)15-22(32)31(25(28)30-27)17(3)18-10-9-11-19(14-18)24(33)29-23-20-12-7-8-13-21(20)35-16-26(23,4)34/h7-14,17,23,34H,5-6,15-16H2,1-4H3,(H2,28,30)(H,29,33)/t17?,23-,26-/m1/s1. The number of amides is 2. The van der Waals surface area contributed by atoms with Gasteiger partial charge in [-0.3, -0.25) is 14.5 Å². The highest BCUT2D eigenvalue weighted by molar-refractivity contribution is 5.99. The molecule has 2 amide bonds. The second kappa shape index (κ2) is 9.34. The van der Waals surface area contributed by atoms with Crippen molar-refractivity contribution in [3.05, 3.63) is 65.2 Å². The number of hydrogen-bond acceptors (Lipinski definition) is 6. The van der Waals surface area contributed by atoms with Crippen molar-refractivity contribution in [2.24, 2.45) is 10.7 Å². The highest BCUT2D eigenvalue weighted by Crippen LogP contribution is 2.38. The maximum atomic E-state index is 13.3. The molecule has 2 aromatic carbocycles. The number of aliphatic hydroxyl groups is 1. The number of rotatable bonds is 6. The highest BCUT2D eigenvalue weighted by Gasteiger charge is 2.41. The zero-order valence-corrected chi connectivity index (χ0v) is 20.7. The Morgan fingerprint density at radius 2 is 1.97 bits per heavy atom. The molecule has 0 saturated heterocycles. The number of carbonyl (C=O) groups is 2. The lowest BCUT2D eigenvalue weighted by Gasteiger charge is -2.39. The minimum absolute atomic E-state index is 0.0682. The van der Waals surface area contributed by atoms with Gasteiger partial charge in [-0.25, -0.2) is 4.99 Å². The van der Waals surface area contributed by atoms with E-state index in [1.807, 2.05) is 51.1 Å². The Hall–Kier alpha value is -3.39. The number of carbonyl (C=O) groups excluding carboxylic acids is 2. The van der Waals surface area contributed by atoms with Gasteiger partial charge in [-0.2, -0.15) is 0 Å². The third kappa shape index (κ3) is 4.62. The molecule has 4 rings (SSSR count). The van der Waals surface area contributed by atoms with Crippen molar-refractivity contribution in [1.82, 2.24) is 10.2 Å². The average molecular weight is 479 g/mol. The molecule has 3 atom stereocenters. The summed E-state index contributed by atoms with van der Waals surface area (Å²) in [6.07, 6.45) is 1.79. The summed E-state index contributed by atoms with van der Waals surface area (Å²) in [5, 5.41) is 13.9. The molecule has 1 unspecified atom stereocenters. The quantitative estimate of drug-likeness (QED) is 0.588. The van der Waals surface area contributed by atoms with Gasteiger partial charge in [-0.1, -0.05) is 44.2 Å². The Kier molecular flexibility index (Phi) is 6.60. The van der Waals surface area contributed by atoms with E-state index >= 15 is 0 Å². The van der Waals surface area contributed by atoms with Gasteiger partial charge in [0.2, 0.25) is 5.91 Å². The van der Waals surface area contributed by atoms with Crippen molar-refractivity contribution in [3.8, 4) is 5.75 Å². The van der Waals surface area contributed by atoms with E-state index in [1.165, 1.54) is 4.90 Å².